The predicted molar refractivity (Wildman–Crippen MR) is 50.8 cm³/mol. The summed E-state index contributed by atoms with van der Waals surface area (Å²) in [6, 6.07) is 0. The van der Waals surface area contributed by atoms with E-state index in [0.717, 1.165) is 6.42 Å². The fraction of sp³-hybridized carbons (Fsp3) is 0.857. The van der Waals surface area contributed by atoms with E-state index < -0.39 is 0 Å². The first kappa shape index (κ1) is 11.7. The molecule has 0 aromatic rings. The van der Waals surface area contributed by atoms with Crippen molar-refractivity contribution in [2.24, 2.45) is 5.90 Å². The standard InChI is InChI=1S/C7H16N2O2S/c1-7(2,12)3-4-9-6(10)5-11-8/h12H,3-5,8H2,1-2H3,(H,9,10). The van der Waals surface area contributed by atoms with Crippen LogP contribution in [0.5, 0.6) is 0 Å². The predicted octanol–water partition coefficient (Wildman–Crippen LogP) is 0.0914. The highest BCUT2D eigenvalue weighted by Crippen LogP contribution is 2.15. The smallest absolute Gasteiger partial charge is 0.248 e. The van der Waals surface area contributed by atoms with E-state index in [-0.39, 0.29) is 17.3 Å². The first-order valence-corrected chi connectivity index (χ1v) is 4.21. The number of nitrogens with one attached hydrogen (secondary N) is 1. The Kier molecular flexibility index (Phi) is 5.28. The average molecular weight is 192 g/mol. The van der Waals surface area contributed by atoms with E-state index in [9.17, 15) is 4.79 Å². The monoisotopic (exact) mass is 192 g/mol. The van der Waals surface area contributed by atoms with E-state index in [1.807, 2.05) is 13.8 Å². The molecule has 0 aromatic carbocycles. The van der Waals surface area contributed by atoms with Crippen molar-refractivity contribution in [1.82, 2.24) is 5.32 Å². The molecular weight excluding hydrogens is 176 g/mol. The summed E-state index contributed by atoms with van der Waals surface area (Å²) in [5.74, 6) is 4.51. The molecule has 4 nitrogen and oxygen atoms in total. The van der Waals surface area contributed by atoms with Gasteiger partial charge in [0.05, 0.1) is 0 Å². The minimum atomic E-state index is -0.199. The lowest BCUT2D eigenvalue weighted by Gasteiger charge is -2.16. The van der Waals surface area contributed by atoms with Gasteiger partial charge in [-0.05, 0) is 6.42 Å². The maximum atomic E-state index is 10.8. The molecule has 0 aliphatic carbocycles. The van der Waals surface area contributed by atoms with E-state index >= 15 is 0 Å². The van der Waals surface area contributed by atoms with Gasteiger partial charge in [0.25, 0.3) is 0 Å². The Morgan fingerprint density at radius 2 is 2.25 bits per heavy atom. The zero-order valence-electron chi connectivity index (χ0n) is 7.46. The molecule has 5 heteroatoms. The maximum absolute atomic E-state index is 10.8. The van der Waals surface area contributed by atoms with E-state index in [0.29, 0.717) is 6.54 Å². The molecule has 0 unspecified atom stereocenters. The van der Waals surface area contributed by atoms with Crippen molar-refractivity contribution in [3.05, 3.63) is 0 Å². The number of nitrogens with two attached hydrogens (primary N) is 1. The van der Waals surface area contributed by atoms with Gasteiger partial charge >= 0.3 is 0 Å². The van der Waals surface area contributed by atoms with Gasteiger partial charge in [0, 0.05) is 11.3 Å². The van der Waals surface area contributed by atoms with Crippen molar-refractivity contribution in [3.63, 3.8) is 0 Å². The second-order valence-electron chi connectivity index (χ2n) is 3.22. The number of carbonyl (C=O) groups is 1. The van der Waals surface area contributed by atoms with Gasteiger partial charge in [-0.1, -0.05) is 13.8 Å². The lowest BCUT2D eigenvalue weighted by Crippen LogP contribution is -2.32. The lowest BCUT2D eigenvalue weighted by molar-refractivity contribution is -0.125. The van der Waals surface area contributed by atoms with Crippen LogP contribution in [0, 0.1) is 0 Å². The highest BCUT2D eigenvalue weighted by Gasteiger charge is 2.11. The first-order chi connectivity index (χ1) is 5.45. The van der Waals surface area contributed by atoms with Crippen LogP contribution >= 0.6 is 12.6 Å². The van der Waals surface area contributed by atoms with Crippen LogP contribution in [0.3, 0.4) is 0 Å². The summed E-state index contributed by atoms with van der Waals surface area (Å²) >= 11 is 4.30. The number of thiol groups is 1. The fourth-order valence-electron chi connectivity index (χ4n) is 0.635. The van der Waals surface area contributed by atoms with Gasteiger partial charge in [0.2, 0.25) is 5.91 Å². The van der Waals surface area contributed by atoms with Crippen molar-refractivity contribution >= 4 is 18.5 Å². The highest BCUT2D eigenvalue weighted by molar-refractivity contribution is 7.81. The van der Waals surface area contributed by atoms with Gasteiger partial charge in [-0.15, -0.1) is 0 Å². The van der Waals surface area contributed by atoms with E-state index in [1.54, 1.807) is 0 Å². The molecule has 0 fully saturated rings. The van der Waals surface area contributed by atoms with Crippen LogP contribution in [0.2, 0.25) is 0 Å². The molecule has 3 N–H and O–H groups in total. The van der Waals surface area contributed by atoms with E-state index in [1.165, 1.54) is 0 Å². The Labute approximate surface area is 78.2 Å². The summed E-state index contributed by atoms with van der Waals surface area (Å²) in [5.41, 5.74) is 0. The van der Waals surface area contributed by atoms with Crippen molar-refractivity contribution < 1.29 is 9.63 Å². The normalized spacial score (nSPS) is 11.3. The van der Waals surface area contributed by atoms with Crippen LogP contribution in [0.4, 0.5) is 0 Å². The van der Waals surface area contributed by atoms with Crippen LogP contribution in [-0.4, -0.2) is 23.8 Å². The summed E-state index contributed by atoms with van der Waals surface area (Å²) in [6.07, 6.45) is 0.812. The van der Waals surface area contributed by atoms with Crippen LogP contribution in [0.15, 0.2) is 0 Å². The number of amides is 1. The summed E-state index contributed by atoms with van der Waals surface area (Å²) < 4.78 is -0.0587. The Bertz CT molecular complexity index is 145. The minimum Gasteiger partial charge on any atom is -0.354 e. The average Bonchev–Trinajstić information content (AvgIpc) is 1.84. The first-order valence-electron chi connectivity index (χ1n) is 3.76. The highest BCUT2D eigenvalue weighted by atomic mass is 32.1. The molecular formula is C7H16N2O2S. The Hall–Kier alpha value is -0.260. The van der Waals surface area contributed by atoms with Gasteiger partial charge in [-0.25, -0.2) is 5.90 Å². The van der Waals surface area contributed by atoms with Crippen molar-refractivity contribution in [1.29, 1.82) is 0 Å². The molecule has 0 heterocycles. The Morgan fingerprint density at radius 3 is 2.67 bits per heavy atom. The number of hydrogen-bond acceptors (Lipinski definition) is 4. The van der Waals surface area contributed by atoms with Gasteiger partial charge in [0.15, 0.2) is 0 Å². The largest absolute Gasteiger partial charge is 0.354 e. The molecule has 72 valence electrons. The van der Waals surface area contributed by atoms with Crippen LogP contribution in [0.1, 0.15) is 20.3 Å². The topological polar surface area (TPSA) is 64.3 Å². The molecule has 0 saturated carbocycles. The maximum Gasteiger partial charge on any atom is 0.248 e. The molecule has 0 saturated heterocycles. The van der Waals surface area contributed by atoms with Crippen LogP contribution in [-0.2, 0) is 9.63 Å². The Morgan fingerprint density at radius 1 is 1.67 bits per heavy atom. The summed E-state index contributed by atoms with van der Waals surface area (Å²) in [4.78, 5) is 14.9. The molecule has 0 spiro atoms. The van der Waals surface area contributed by atoms with E-state index in [4.69, 9.17) is 5.90 Å². The second kappa shape index (κ2) is 5.40. The third-order valence-electron chi connectivity index (χ3n) is 1.27. The number of rotatable bonds is 5. The van der Waals surface area contributed by atoms with Gasteiger partial charge in [0.1, 0.15) is 6.61 Å². The third-order valence-corrected chi connectivity index (χ3v) is 1.50. The molecule has 0 aliphatic heterocycles. The third kappa shape index (κ3) is 7.84. The van der Waals surface area contributed by atoms with Gasteiger partial charge < -0.3 is 5.32 Å². The quantitative estimate of drug-likeness (QED) is 0.427. The van der Waals surface area contributed by atoms with Crippen LogP contribution < -0.4 is 11.2 Å². The fourth-order valence-corrected chi connectivity index (χ4v) is 0.746. The van der Waals surface area contributed by atoms with Crippen molar-refractivity contribution in [2.45, 2.75) is 25.0 Å². The minimum absolute atomic E-state index is 0.0587. The van der Waals surface area contributed by atoms with E-state index in [2.05, 4.69) is 22.8 Å². The lowest BCUT2D eigenvalue weighted by atomic mass is 10.1. The molecule has 0 aromatic heterocycles. The zero-order chi connectivity index (χ0) is 9.61. The molecule has 0 bridgehead atoms. The molecule has 0 rings (SSSR count). The zero-order valence-corrected chi connectivity index (χ0v) is 8.36. The molecule has 12 heavy (non-hydrogen) atoms. The number of carbonyl (C=O) groups excluding carboxylic acids is 1. The summed E-state index contributed by atoms with van der Waals surface area (Å²) in [5, 5.41) is 2.65. The number of hydrogen-bond donors (Lipinski definition) is 3. The van der Waals surface area contributed by atoms with Crippen molar-refractivity contribution in [3.8, 4) is 0 Å². The molecule has 0 atom stereocenters. The Balaban J connectivity index is 3.37. The summed E-state index contributed by atoms with van der Waals surface area (Å²) in [6.45, 7) is 4.48. The summed E-state index contributed by atoms with van der Waals surface area (Å²) in [7, 11) is 0. The molecule has 0 aliphatic rings. The second-order valence-corrected chi connectivity index (χ2v) is 4.43. The SMILES string of the molecule is CC(C)(S)CCNC(=O)CON. The van der Waals surface area contributed by atoms with Gasteiger partial charge in [-0.3, -0.25) is 9.63 Å². The molecule has 1 amide bonds. The van der Waals surface area contributed by atoms with Crippen LogP contribution in [0.25, 0.3) is 0 Å². The molecule has 0 radical (unpaired) electrons. The van der Waals surface area contributed by atoms with Crippen molar-refractivity contribution in [2.75, 3.05) is 13.2 Å². The van der Waals surface area contributed by atoms with Gasteiger partial charge in [-0.2, -0.15) is 12.6 Å².